The minimum absolute atomic E-state index is 0. The van der Waals surface area contributed by atoms with Crippen molar-refractivity contribution in [1.29, 1.82) is 0 Å². The first-order valence-corrected chi connectivity index (χ1v) is 3.47. The average molecular weight is 493 g/mol. The first-order valence-electron chi connectivity index (χ1n) is 3.47. The molecular formula is C11F5O5Re-. The summed E-state index contributed by atoms with van der Waals surface area (Å²) in [6.07, 6.45) is 0. The van der Waals surface area contributed by atoms with Crippen molar-refractivity contribution in [3.63, 3.8) is 0 Å². The molecule has 1 radical (unpaired) electrons. The summed E-state index contributed by atoms with van der Waals surface area (Å²) in [4.78, 5) is 0. The van der Waals surface area contributed by atoms with E-state index in [1.165, 1.54) is 0 Å². The van der Waals surface area contributed by atoms with Crippen molar-refractivity contribution in [1.82, 2.24) is 0 Å². The van der Waals surface area contributed by atoms with E-state index in [1.54, 1.807) is 0 Å². The Morgan fingerprint density at radius 1 is 0.500 bits per heavy atom. The molecule has 0 bridgehead atoms. The van der Waals surface area contributed by atoms with Crippen LogP contribution >= 0.6 is 0 Å². The molecule has 0 aliphatic carbocycles. The SMILES string of the molecule is Fc1[c-]c(F)c(F)c(F)c1F.[C-]#[O+].[C-]#[O+].[C-]#[O+].[C-]#[O+].[C-]#[O+].[Re]. The molecule has 0 aromatic heterocycles. The van der Waals surface area contributed by atoms with Gasteiger partial charge in [-0.3, -0.25) is 8.78 Å². The molecule has 1 rings (SSSR count). The van der Waals surface area contributed by atoms with Gasteiger partial charge < -0.3 is 0 Å². The van der Waals surface area contributed by atoms with Gasteiger partial charge in [-0.15, -0.1) is 6.07 Å². The van der Waals surface area contributed by atoms with Crippen LogP contribution in [0.3, 0.4) is 0 Å². The second-order valence-corrected chi connectivity index (χ2v) is 1.69. The van der Waals surface area contributed by atoms with Gasteiger partial charge in [-0.05, 0) is 0 Å². The third kappa shape index (κ3) is 16.3. The monoisotopic (exact) mass is 494 g/mol. The molecule has 11 heteroatoms. The molecule has 0 spiro atoms. The Kier molecular flexibility index (Phi) is 53.0. The van der Waals surface area contributed by atoms with Crippen LogP contribution in [0.5, 0.6) is 0 Å². The number of hydrogen-bond donors (Lipinski definition) is 0. The Balaban J connectivity index is -0.0000000500. The predicted molar refractivity (Wildman–Crippen MR) is 44.7 cm³/mol. The fourth-order valence-corrected chi connectivity index (χ4v) is 0.495. The maximum Gasteiger partial charge on any atom is 0 e. The molecular weight excluding hydrogens is 493 g/mol. The van der Waals surface area contributed by atoms with Crippen LogP contribution in [0.4, 0.5) is 22.0 Å². The largest absolute Gasteiger partial charge is 0 e. The maximum atomic E-state index is 12.0. The van der Waals surface area contributed by atoms with Gasteiger partial charge in [0.1, 0.15) is 0 Å². The van der Waals surface area contributed by atoms with Crippen molar-refractivity contribution in [3.05, 3.63) is 68.4 Å². The van der Waals surface area contributed by atoms with Gasteiger partial charge >= 0.3 is 56.5 Å². The second-order valence-electron chi connectivity index (χ2n) is 1.69. The van der Waals surface area contributed by atoms with E-state index in [-0.39, 0.29) is 20.4 Å². The summed E-state index contributed by atoms with van der Waals surface area (Å²) in [6, 6.07) is 1.02. The summed E-state index contributed by atoms with van der Waals surface area (Å²) in [5, 5.41) is 0. The normalized spacial score (nSPS) is 5.59. The molecule has 1 aromatic carbocycles. The Bertz CT molecular complexity index is 435. The third-order valence-corrected chi connectivity index (χ3v) is 0.990. The molecule has 0 saturated carbocycles. The van der Waals surface area contributed by atoms with Crippen LogP contribution in [0.25, 0.3) is 0 Å². The van der Waals surface area contributed by atoms with E-state index >= 15 is 0 Å². The Labute approximate surface area is 134 Å². The van der Waals surface area contributed by atoms with E-state index in [1.807, 2.05) is 0 Å². The summed E-state index contributed by atoms with van der Waals surface area (Å²) in [5.74, 6) is -10.0. The summed E-state index contributed by atoms with van der Waals surface area (Å²) in [6.45, 7) is 22.5. The summed E-state index contributed by atoms with van der Waals surface area (Å²) < 4.78 is 97.4. The smallest absolute Gasteiger partial charge is 0 e. The van der Waals surface area contributed by atoms with Crippen LogP contribution in [0.2, 0.25) is 0 Å². The van der Waals surface area contributed by atoms with Crippen molar-refractivity contribution in [2.24, 2.45) is 0 Å². The van der Waals surface area contributed by atoms with Crippen LogP contribution in [0.15, 0.2) is 0 Å². The summed E-state index contributed by atoms with van der Waals surface area (Å²) in [7, 11) is 0. The van der Waals surface area contributed by atoms with E-state index in [9.17, 15) is 22.0 Å². The molecule has 22 heavy (non-hydrogen) atoms. The molecule has 0 aliphatic rings. The molecule has 0 fully saturated rings. The zero-order chi connectivity index (χ0) is 18.6. The number of benzene rings is 1. The zero-order valence-electron chi connectivity index (χ0n) is 9.81. The van der Waals surface area contributed by atoms with Crippen LogP contribution in [0, 0.1) is 68.4 Å². The molecule has 1 aromatic rings. The van der Waals surface area contributed by atoms with E-state index < -0.39 is 29.1 Å². The Hall–Kier alpha value is -1.77. The zero-order valence-corrected chi connectivity index (χ0v) is 12.5. The van der Waals surface area contributed by atoms with Crippen LogP contribution in [-0.4, -0.2) is 0 Å². The second kappa shape index (κ2) is 31.6. The molecule has 0 atom stereocenters. The predicted octanol–water partition coefficient (Wildman–Crippen LogP) is 1.99. The molecule has 0 amide bonds. The van der Waals surface area contributed by atoms with Gasteiger partial charge in [0.25, 0.3) is 0 Å². The first kappa shape index (κ1) is 36.9. The number of halogens is 5. The average Bonchev–Trinajstić information content (AvgIpc) is 2.60. The summed E-state index contributed by atoms with van der Waals surface area (Å²) >= 11 is 0. The van der Waals surface area contributed by atoms with Crippen LogP contribution < -0.4 is 0 Å². The Morgan fingerprint density at radius 2 is 0.682 bits per heavy atom. The van der Waals surface area contributed by atoms with Crippen molar-refractivity contribution < 1.29 is 65.6 Å². The van der Waals surface area contributed by atoms with E-state index in [0.717, 1.165) is 6.07 Å². The third-order valence-electron chi connectivity index (χ3n) is 0.990. The minimum Gasteiger partial charge on any atom is 0 e. The molecule has 0 N–H and O–H groups in total. The molecule has 0 saturated heterocycles. The molecule has 5 nitrogen and oxygen atoms in total. The number of hydrogen-bond acceptors (Lipinski definition) is 0. The first-order chi connectivity index (χ1) is 10.0. The van der Waals surface area contributed by atoms with Gasteiger partial charge in [0.05, 0.1) is 29.1 Å². The van der Waals surface area contributed by atoms with Gasteiger partial charge in [0, 0.05) is 20.4 Å². The van der Waals surface area contributed by atoms with Crippen molar-refractivity contribution >= 4 is 0 Å². The fraction of sp³-hybridized carbons (Fsp3) is 0. The molecule has 117 valence electrons. The van der Waals surface area contributed by atoms with Crippen molar-refractivity contribution in [3.8, 4) is 0 Å². The standard InChI is InChI=1S/C6F5.5CO.Re/c7-2-1-3(8)5(10)6(11)4(2)9;5*1-2;/q-1;;;;;;. The van der Waals surface area contributed by atoms with E-state index in [2.05, 4.69) is 33.3 Å². The number of rotatable bonds is 0. The topological polar surface area (TPSA) is 99.5 Å². The van der Waals surface area contributed by atoms with Crippen molar-refractivity contribution in [2.75, 3.05) is 0 Å². The van der Waals surface area contributed by atoms with Gasteiger partial charge in [-0.1, -0.05) is 0 Å². The van der Waals surface area contributed by atoms with Gasteiger partial charge in [0.2, 0.25) is 0 Å². The van der Waals surface area contributed by atoms with Gasteiger partial charge in [-0.25, -0.2) is 13.2 Å². The van der Waals surface area contributed by atoms with Crippen molar-refractivity contribution in [2.45, 2.75) is 0 Å². The van der Waals surface area contributed by atoms with Gasteiger partial charge in [0.15, 0.2) is 0 Å². The minimum atomic E-state index is -2.17. The summed E-state index contributed by atoms with van der Waals surface area (Å²) in [5.41, 5.74) is 0. The fourth-order valence-electron chi connectivity index (χ4n) is 0.495. The van der Waals surface area contributed by atoms with Crippen LogP contribution in [0.1, 0.15) is 0 Å². The van der Waals surface area contributed by atoms with Crippen LogP contribution in [-0.2, 0) is 43.7 Å². The maximum absolute atomic E-state index is 12.0. The Morgan fingerprint density at radius 3 is 0.864 bits per heavy atom. The quantitative estimate of drug-likeness (QED) is 0.174. The molecule has 0 aliphatic heterocycles. The molecule has 0 unspecified atom stereocenters. The van der Waals surface area contributed by atoms with E-state index in [4.69, 9.17) is 23.3 Å². The van der Waals surface area contributed by atoms with Gasteiger partial charge in [-0.2, -0.15) is 0 Å². The molecule has 0 heterocycles. The van der Waals surface area contributed by atoms with E-state index in [0.29, 0.717) is 0 Å².